The van der Waals surface area contributed by atoms with Gasteiger partial charge in [0.05, 0.1) is 5.56 Å². The van der Waals surface area contributed by atoms with Crippen molar-refractivity contribution in [2.24, 2.45) is 0 Å². The maximum atomic E-state index is 9.98. The highest BCUT2D eigenvalue weighted by molar-refractivity contribution is 5.66. The minimum absolute atomic E-state index is 0.134. The van der Waals surface area contributed by atoms with Crippen LogP contribution in [0, 0.1) is 0 Å². The van der Waals surface area contributed by atoms with Crippen LogP contribution in [-0.2, 0) is 6.42 Å². The standard InChI is InChI=1S/C25H18N4O2/c30-18-11-12-19-20(14-18)31-25-23(22(19)17-9-5-2-6-10-17)24-27-21(28-29(24)15-26-25)13-16-7-3-1-4-8-16/h1-12,14-15,22,30H,13H2. The average Bonchev–Trinajstić information content (AvgIpc) is 3.21. The zero-order chi connectivity index (χ0) is 20.8. The van der Waals surface area contributed by atoms with E-state index in [1.807, 2.05) is 42.5 Å². The zero-order valence-electron chi connectivity index (χ0n) is 16.5. The first kappa shape index (κ1) is 17.7. The van der Waals surface area contributed by atoms with Gasteiger partial charge in [0.15, 0.2) is 11.5 Å². The van der Waals surface area contributed by atoms with Crippen molar-refractivity contribution < 1.29 is 9.84 Å². The van der Waals surface area contributed by atoms with Gasteiger partial charge in [-0.2, -0.15) is 0 Å². The third-order valence-corrected chi connectivity index (χ3v) is 5.57. The summed E-state index contributed by atoms with van der Waals surface area (Å²) in [6.07, 6.45) is 2.27. The van der Waals surface area contributed by atoms with E-state index in [9.17, 15) is 5.11 Å². The van der Waals surface area contributed by atoms with Crippen molar-refractivity contribution in [1.29, 1.82) is 0 Å². The lowest BCUT2D eigenvalue weighted by Crippen LogP contribution is -2.14. The second-order valence-electron chi connectivity index (χ2n) is 7.59. The van der Waals surface area contributed by atoms with Crippen LogP contribution in [0.15, 0.2) is 85.2 Å². The second kappa shape index (κ2) is 6.95. The Labute approximate surface area is 178 Å². The Hall–Kier alpha value is -4.19. The van der Waals surface area contributed by atoms with Crippen molar-refractivity contribution >= 4 is 5.65 Å². The number of phenolic OH excluding ortho intramolecular Hbond substituents is 1. The molecule has 1 atom stereocenters. The first-order chi connectivity index (χ1) is 15.3. The van der Waals surface area contributed by atoms with Gasteiger partial charge in [-0.05, 0) is 17.2 Å². The number of benzene rings is 3. The molecule has 1 unspecified atom stereocenters. The SMILES string of the molecule is Oc1ccc2c(c1)Oc1ncn3nc(Cc4ccccc4)nc3c1C2c1ccccc1. The Balaban J connectivity index is 1.55. The molecule has 6 heteroatoms. The minimum Gasteiger partial charge on any atom is -0.508 e. The van der Waals surface area contributed by atoms with Crippen LogP contribution in [0.4, 0.5) is 0 Å². The predicted octanol–water partition coefficient (Wildman–Crippen LogP) is 4.71. The topological polar surface area (TPSA) is 72.5 Å². The van der Waals surface area contributed by atoms with Gasteiger partial charge in [0.2, 0.25) is 5.88 Å². The van der Waals surface area contributed by atoms with Crippen LogP contribution in [0.25, 0.3) is 5.65 Å². The number of phenols is 1. The van der Waals surface area contributed by atoms with E-state index < -0.39 is 0 Å². The quantitative estimate of drug-likeness (QED) is 0.461. The zero-order valence-corrected chi connectivity index (χ0v) is 16.5. The smallest absolute Gasteiger partial charge is 0.228 e. The number of hydrogen-bond acceptors (Lipinski definition) is 5. The van der Waals surface area contributed by atoms with Crippen molar-refractivity contribution in [1.82, 2.24) is 19.6 Å². The molecule has 0 saturated carbocycles. The summed E-state index contributed by atoms with van der Waals surface area (Å²) in [6, 6.07) is 25.6. The van der Waals surface area contributed by atoms with Gasteiger partial charge >= 0.3 is 0 Å². The number of rotatable bonds is 3. The summed E-state index contributed by atoms with van der Waals surface area (Å²) in [6.45, 7) is 0. The Morgan fingerprint density at radius 2 is 1.71 bits per heavy atom. The normalized spacial score (nSPS) is 14.6. The fourth-order valence-corrected chi connectivity index (χ4v) is 4.19. The van der Waals surface area contributed by atoms with E-state index >= 15 is 0 Å². The van der Waals surface area contributed by atoms with Gasteiger partial charge in [-0.3, -0.25) is 0 Å². The molecule has 1 aliphatic rings. The number of nitrogens with zero attached hydrogens (tertiary/aromatic N) is 4. The molecule has 150 valence electrons. The number of aromatic nitrogens is 4. The van der Waals surface area contributed by atoms with Crippen LogP contribution >= 0.6 is 0 Å². The summed E-state index contributed by atoms with van der Waals surface area (Å²) in [5.41, 5.74) is 4.81. The molecular formula is C25H18N4O2. The number of ether oxygens (including phenoxy) is 1. The van der Waals surface area contributed by atoms with Crippen LogP contribution in [0.2, 0.25) is 0 Å². The Morgan fingerprint density at radius 1 is 0.935 bits per heavy atom. The lowest BCUT2D eigenvalue weighted by atomic mass is 9.84. The van der Waals surface area contributed by atoms with Crippen LogP contribution in [0.1, 0.15) is 34.0 Å². The summed E-state index contributed by atoms with van der Waals surface area (Å²) < 4.78 is 7.82. The van der Waals surface area contributed by atoms with Crippen molar-refractivity contribution in [2.45, 2.75) is 12.3 Å². The molecule has 0 amide bonds. The monoisotopic (exact) mass is 406 g/mol. The van der Waals surface area contributed by atoms with Crippen LogP contribution < -0.4 is 4.74 Å². The van der Waals surface area contributed by atoms with Gasteiger partial charge in [0.25, 0.3) is 0 Å². The van der Waals surface area contributed by atoms with Crippen molar-refractivity contribution in [2.75, 3.05) is 0 Å². The van der Waals surface area contributed by atoms with Crippen LogP contribution in [-0.4, -0.2) is 24.7 Å². The fourth-order valence-electron chi connectivity index (χ4n) is 4.19. The summed E-state index contributed by atoms with van der Waals surface area (Å²) in [7, 11) is 0. The van der Waals surface area contributed by atoms with Crippen molar-refractivity contribution in [3.63, 3.8) is 0 Å². The molecule has 5 aromatic rings. The average molecular weight is 406 g/mol. The minimum atomic E-state index is -0.134. The van der Waals surface area contributed by atoms with E-state index in [0.29, 0.717) is 18.1 Å². The lowest BCUT2D eigenvalue weighted by Gasteiger charge is -2.27. The van der Waals surface area contributed by atoms with E-state index in [1.54, 1.807) is 23.0 Å². The highest BCUT2D eigenvalue weighted by Crippen LogP contribution is 2.48. The maximum Gasteiger partial charge on any atom is 0.228 e. The molecule has 0 aliphatic carbocycles. The van der Waals surface area contributed by atoms with Gasteiger partial charge in [-0.25, -0.2) is 14.5 Å². The van der Waals surface area contributed by atoms with Gasteiger partial charge in [0, 0.05) is 24.0 Å². The molecule has 6 rings (SSSR count). The fraction of sp³-hybridized carbons (Fsp3) is 0.0800. The first-order valence-electron chi connectivity index (χ1n) is 10.1. The molecule has 31 heavy (non-hydrogen) atoms. The summed E-state index contributed by atoms with van der Waals surface area (Å²) in [5, 5.41) is 14.6. The Morgan fingerprint density at radius 3 is 2.52 bits per heavy atom. The van der Waals surface area contributed by atoms with Gasteiger partial charge in [-0.15, -0.1) is 5.10 Å². The van der Waals surface area contributed by atoms with Crippen molar-refractivity contribution in [3.05, 3.63) is 113 Å². The highest BCUT2D eigenvalue weighted by Gasteiger charge is 2.33. The van der Waals surface area contributed by atoms with Crippen molar-refractivity contribution in [3.8, 4) is 17.4 Å². The number of fused-ring (bicyclic) bond motifs is 4. The molecule has 3 heterocycles. The van der Waals surface area contributed by atoms with Crippen LogP contribution in [0.5, 0.6) is 17.4 Å². The molecular weight excluding hydrogens is 388 g/mol. The Bertz CT molecular complexity index is 1400. The summed E-state index contributed by atoms with van der Waals surface area (Å²) in [4.78, 5) is 9.40. The Kier molecular flexibility index (Phi) is 3.96. The number of aromatic hydroxyl groups is 1. The van der Waals surface area contributed by atoms with Gasteiger partial charge < -0.3 is 9.84 Å². The lowest BCUT2D eigenvalue weighted by molar-refractivity contribution is 0.422. The third-order valence-electron chi connectivity index (χ3n) is 5.57. The van der Waals surface area contributed by atoms with E-state index in [4.69, 9.17) is 9.72 Å². The summed E-state index contributed by atoms with van der Waals surface area (Å²) in [5.74, 6) is 1.83. The third kappa shape index (κ3) is 3.00. The molecule has 2 aromatic heterocycles. The predicted molar refractivity (Wildman–Crippen MR) is 116 cm³/mol. The molecule has 0 bridgehead atoms. The van der Waals surface area contributed by atoms with Crippen LogP contribution in [0.3, 0.4) is 0 Å². The molecule has 1 aliphatic heterocycles. The molecule has 0 spiro atoms. The molecule has 0 radical (unpaired) electrons. The molecule has 6 nitrogen and oxygen atoms in total. The summed E-state index contributed by atoms with van der Waals surface area (Å²) >= 11 is 0. The van der Waals surface area contributed by atoms with E-state index in [1.165, 1.54) is 0 Å². The van der Waals surface area contributed by atoms with Gasteiger partial charge in [0.1, 0.15) is 17.8 Å². The van der Waals surface area contributed by atoms with E-state index in [2.05, 4.69) is 34.3 Å². The van der Waals surface area contributed by atoms with E-state index in [-0.39, 0.29) is 11.7 Å². The molecule has 1 N–H and O–H groups in total. The van der Waals surface area contributed by atoms with E-state index in [0.717, 1.165) is 33.7 Å². The molecule has 0 fully saturated rings. The molecule has 3 aromatic carbocycles. The largest absolute Gasteiger partial charge is 0.508 e. The molecule has 0 saturated heterocycles. The number of hydrogen-bond donors (Lipinski definition) is 1. The maximum absolute atomic E-state index is 9.98. The van der Waals surface area contributed by atoms with Gasteiger partial charge in [-0.1, -0.05) is 66.7 Å². The first-order valence-corrected chi connectivity index (χ1v) is 10.1. The highest BCUT2D eigenvalue weighted by atomic mass is 16.5. The second-order valence-corrected chi connectivity index (χ2v) is 7.59.